The van der Waals surface area contributed by atoms with Gasteiger partial charge in [-0.25, -0.2) is 31.5 Å². The number of aryl methyl sites for hydroxylation is 1. The van der Waals surface area contributed by atoms with Gasteiger partial charge in [-0.15, -0.1) is 0 Å². The highest BCUT2D eigenvalue weighted by Gasteiger charge is 2.17. The van der Waals surface area contributed by atoms with Gasteiger partial charge >= 0.3 is 0 Å². The van der Waals surface area contributed by atoms with Crippen LogP contribution in [0.5, 0.6) is 5.88 Å². The molecule has 33 heavy (non-hydrogen) atoms. The molecule has 3 aromatic rings. The van der Waals surface area contributed by atoms with E-state index in [1.165, 1.54) is 49.6 Å². The summed E-state index contributed by atoms with van der Waals surface area (Å²) in [6, 6.07) is 12.8. The van der Waals surface area contributed by atoms with E-state index in [1.807, 2.05) is 6.92 Å². The molecule has 2 aromatic carbocycles. The van der Waals surface area contributed by atoms with Gasteiger partial charge in [0.05, 0.1) is 23.4 Å². The molecule has 0 aliphatic rings. The number of sulfonamides is 2. The van der Waals surface area contributed by atoms with Gasteiger partial charge < -0.3 is 10.1 Å². The van der Waals surface area contributed by atoms with E-state index in [2.05, 4.69) is 24.7 Å². The summed E-state index contributed by atoms with van der Waals surface area (Å²) in [5, 5.41) is 2.50. The molecule has 0 radical (unpaired) electrons. The number of carbonyl (C=O) groups excluding carboxylic acids is 1. The minimum atomic E-state index is -3.95. The van der Waals surface area contributed by atoms with E-state index in [0.29, 0.717) is 0 Å². The molecule has 11 nitrogen and oxygen atoms in total. The molecule has 1 heterocycles. The lowest BCUT2D eigenvalue weighted by atomic mass is 10.2. The summed E-state index contributed by atoms with van der Waals surface area (Å²) in [5.41, 5.74) is 1.20. The quantitative estimate of drug-likeness (QED) is 0.407. The van der Waals surface area contributed by atoms with Gasteiger partial charge in [0, 0.05) is 11.8 Å². The summed E-state index contributed by atoms with van der Waals surface area (Å²) in [7, 11) is -6.40. The highest BCUT2D eigenvalue weighted by molar-refractivity contribution is 7.92. The maximum Gasteiger partial charge on any atom is 0.263 e. The second-order valence-corrected chi connectivity index (χ2v) is 10.2. The number of amides is 1. The highest BCUT2D eigenvalue weighted by atomic mass is 32.2. The van der Waals surface area contributed by atoms with Crippen molar-refractivity contribution in [2.75, 3.05) is 23.7 Å². The molecule has 0 saturated heterocycles. The van der Waals surface area contributed by atoms with Gasteiger partial charge in [0.2, 0.25) is 21.8 Å². The molecule has 0 bridgehead atoms. The van der Waals surface area contributed by atoms with Crippen LogP contribution in [0.15, 0.2) is 70.7 Å². The third kappa shape index (κ3) is 6.47. The van der Waals surface area contributed by atoms with Crippen LogP contribution in [0.25, 0.3) is 0 Å². The van der Waals surface area contributed by atoms with Crippen molar-refractivity contribution in [3.63, 3.8) is 0 Å². The lowest BCUT2D eigenvalue weighted by molar-refractivity contribution is -0.115. The monoisotopic (exact) mass is 491 g/mol. The summed E-state index contributed by atoms with van der Waals surface area (Å²) in [6.07, 6.45) is 1.16. The van der Waals surface area contributed by atoms with Gasteiger partial charge in [0.15, 0.2) is 0 Å². The number of rotatable bonds is 9. The van der Waals surface area contributed by atoms with Crippen LogP contribution < -0.4 is 19.5 Å². The Balaban J connectivity index is 1.60. The molecule has 3 rings (SSSR count). The first-order chi connectivity index (χ1) is 15.6. The van der Waals surface area contributed by atoms with Crippen molar-refractivity contribution in [2.45, 2.75) is 16.7 Å². The first-order valence-corrected chi connectivity index (χ1v) is 12.4. The predicted molar refractivity (Wildman–Crippen MR) is 121 cm³/mol. The highest BCUT2D eigenvalue weighted by Crippen LogP contribution is 2.19. The van der Waals surface area contributed by atoms with Gasteiger partial charge in [-0.3, -0.25) is 9.52 Å². The van der Waals surface area contributed by atoms with Gasteiger partial charge in [0.1, 0.15) is 12.1 Å². The molecular weight excluding hydrogens is 470 g/mol. The van der Waals surface area contributed by atoms with E-state index in [1.54, 1.807) is 12.1 Å². The van der Waals surface area contributed by atoms with Gasteiger partial charge in [0.25, 0.3) is 10.0 Å². The minimum absolute atomic E-state index is 0.0279. The Hall–Kier alpha value is -3.55. The lowest BCUT2D eigenvalue weighted by Gasteiger charge is -2.10. The summed E-state index contributed by atoms with van der Waals surface area (Å²) < 4.78 is 59.0. The maximum atomic E-state index is 12.5. The number of hydrogen-bond donors (Lipinski definition) is 3. The molecule has 0 fully saturated rings. The van der Waals surface area contributed by atoms with Crippen LogP contribution in [-0.2, 0) is 24.8 Å². The maximum absolute atomic E-state index is 12.5. The number of ether oxygens (including phenoxy) is 1. The average molecular weight is 492 g/mol. The first kappa shape index (κ1) is 24.1. The van der Waals surface area contributed by atoms with Crippen molar-refractivity contribution < 1.29 is 26.4 Å². The van der Waals surface area contributed by atoms with E-state index in [0.717, 1.165) is 11.9 Å². The predicted octanol–water partition coefficient (Wildman–Crippen LogP) is 1.51. The van der Waals surface area contributed by atoms with E-state index in [4.69, 9.17) is 4.74 Å². The van der Waals surface area contributed by atoms with Gasteiger partial charge in [-0.2, -0.15) is 0 Å². The lowest BCUT2D eigenvalue weighted by Crippen LogP contribution is -2.32. The molecule has 1 aromatic heterocycles. The fraction of sp³-hybridized carbons (Fsp3) is 0.150. The number of methoxy groups -OCH3 is 1. The second-order valence-electron chi connectivity index (χ2n) is 6.76. The van der Waals surface area contributed by atoms with E-state index in [-0.39, 0.29) is 27.2 Å². The van der Waals surface area contributed by atoms with Crippen LogP contribution in [0.4, 0.5) is 11.5 Å². The Labute approximate surface area is 191 Å². The Morgan fingerprint density at radius 1 is 0.909 bits per heavy atom. The number of hydrogen-bond acceptors (Lipinski definition) is 8. The van der Waals surface area contributed by atoms with Crippen LogP contribution in [0.2, 0.25) is 0 Å². The Kier molecular flexibility index (Phi) is 7.26. The van der Waals surface area contributed by atoms with E-state index in [9.17, 15) is 21.6 Å². The third-order valence-corrected chi connectivity index (χ3v) is 7.08. The fourth-order valence-corrected chi connectivity index (χ4v) is 4.57. The molecule has 0 aliphatic carbocycles. The van der Waals surface area contributed by atoms with E-state index >= 15 is 0 Å². The van der Waals surface area contributed by atoms with Crippen LogP contribution in [-0.4, -0.2) is 46.4 Å². The topological polar surface area (TPSA) is 156 Å². The van der Waals surface area contributed by atoms with Gasteiger partial charge in [-0.05, 0) is 43.3 Å². The molecule has 13 heteroatoms. The first-order valence-electron chi connectivity index (χ1n) is 9.44. The minimum Gasteiger partial charge on any atom is -0.481 e. The molecule has 174 valence electrons. The standard InChI is InChI=1S/C20H21N5O6S2/c1-14-3-7-16(8-4-14)32(27,28)23-12-19(26)24-15-5-9-17(10-6-15)33(29,30)25-18-11-20(31-2)22-13-21-18/h3-11,13,23H,12H2,1-2H3,(H,24,26)(H,21,22,25). The summed E-state index contributed by atoms with van der Waals surface area (Å²) in [5.74, 6) is -0.397. The van der Waals surface area contributed by atoms with E-state index < -0.39 is 32.5 Å². The zero-order valence-corrected chi connectivity index (χ0v) is 19.3. The smallest absolute Gasteiger partial charge is 0.263 e. The van der Waals surface area contributed by atoms with Crippen molar-refractivity contribution in [3.05, 3.63) is 66.5 Å². The number of benzene rings is 2. The molecule has 0 atom stereocenters. The van der Waals surface area contributed by atoms with Crippen molar-refractivity contribution in [1.82, 2.24) is 14.7 Å². The largest absolute Gasteiger partial charge is 0.481 e. The number of carbonyl (C=O) groups is 1. The number of aromatic nitrogens is 2. The number of anilines is 2. The van der Waals surface area contributed by atoms with Gasteiger partial charge in [-0.1, -0.05) is 17.7 Å². The van der Waals surface area contributed by atoms with Crippen molar-refractivity contribution >= 4 is 37.5 Å². The Morgan fingerprint density at radius 2 is 1.52 bits per heavy atom. The molecular formula is C20H21N5O6S2. The van der Waals surface area contributed by atoms with Crippen LogP contribution in [0.1, 0.15) is 5.56 Å². The third-order valence-electron chi connectivity index (χ3n) is 4.29. The summed E-state index contributed by atoms with van der Waals surface area (Å²) in [6.45, 7) is 1.34. The number of nitrogens with zero attached hydrogens (tertiary/aromatic N) is 2. The zero-order chi connectivity index (χ0) is 24.1. The second kappa shape index (κ2) is 9.94. The molecule has 0 spiro atoms. The zero-order valence-electron chi connectivity index (χ0n) is 17.6. The Morgan fingerprint density at radius 3 is 2.15 bits per heavy atom. The van der Waals surface area contributed by atoms with Crippen LogP contribution >= 0.6 is 0 Å². The fourth-order valence-electron chi connectivity index (χ4n) is 2.59. The molecule has 0 saturated carbocycles. The SMILES string of the molecule is COc1cc(NS(=O)(=O)c2ccc(NC(=O)CNS(=O)(=O)c3ccc(C)cc3)cc2)ncn1. The van der Waals surface area contributed by atoms with Crippen molar-refractivity contribution in [3.8, 4) is 5.88 Å². The molecule has 0 aliphatic heterocycles. The molecule has 0 unspecified atom stereocenters. The average Bonchev–Trinajstić information content (AvgIpc) is 2.78. The van der Waals surface area contributed by atoms with Crippen LogP contribution in [0, 0.1) is 6.92 Å². The summed E-state index contributed by atoms with van der Waals surface area (Å²) >= 11 is 0. The summed E-state index contributed by atoms with van der Waals surface area (Å²) in [4.78, 5) is 19.7. The van der Waals surface area contributed by atoms with Crippen molar-refractivity contribution in [2.24, 2.45) is 0 Å². The number of nitrogens with one attached hydrogen (secondary N) is 3. The Bertz CT molecular complexity index is 1340. The van der Waals surface area contributed by atoms with Crippen molar-refractivity contribution in [1.29, 1.82) is 0 Å². The normalized spacial score (nSPS) is 11.6. The molecule has 3 N–H and O–H groups in total. The molecule has 1 amide bonds. The van der Waals surface area contributed by atoms with Crippen LogP contribution in [0.3, 0.4) is 0 Å².